The van der Waals surface area contributed by atoms with Crippen molar-refractivity contribution in [3.63, 3.8) is 0 Å². The van der Waals surface area contributed by atoms with E-state index in [1.54, 1.807) is 7.11 Å². The van der Waals surface area contributed by atoms with Gasteiger partial charge in [-0.15, -0.1) is 0 Å². The standard InChI is InChI=1S/C14H20BrNO/c1-10-8-16-12(11(2)13(10)17-3)7-14(9-15)5-4-6-14/h8H,4-7,9H2,1-3H3. The van der Waals surface area contributed by atoms with E-state index in [9.17, 15) is 0 Å². The van der Waals surface area contributed by atoms with Crippen molar-refractivity contribution in [3.8, 4) is 5.75 Å². The van der Waals surface area contributed by atoms with Gasteiger partial charge in [0.25, 0.3) is 0 Å². The van der Waals surface area contributed by atoms with Gasteiger partial charge in [0.1, 0.15) is 5.75 Å². The van der Waals surface area contributed by atoms with Crippen LogP contribution in [0.2, 0.25) is 0 Å². The average molecular weight is 298 g/mol. The molecule has 1 saturated carbocycles. The molecule has 2 nitrogen and oxygen atoms in total. The van der Waals surface area contributed by atoms with Crippen LogP contribution in [0, 0.1) is 19.3 Å². The fraction of sp³-hybridized carbons (Fsp3) is 0.643. The van der Waals surface area contributed by atoms with Gasteiger partial charge in [0.2, 0.25) is 0 Å². The quantitative estimate of drug-likeness (QED) is 0.788. The Morgan fingerprint density at radius 1 is 1.41 bits per heavy atom. The highest BCUT2D eigenvalue weighted by molar-refractivity contribution is 9.09. The van der Waals surface area contributed by atoms with Crippen molar-refractivity contribution in [1.29, 1.82) is 0 Å². The van der Waals surface area contributed by atoms with E-state index in [4.69, 9.17) is 4.74 Å². The first-order valence-corrected chi connectivity index (χ1v) is 7.29. The zero-order chi connectivity index (χ0) is 12.5. The lowest BCUT2D eigenvalue weighted by Crippen LogP contribution is -2.34. The molecule has 0 aromatic carbocycles. The number of halogens is 1. The van der Waals surface area contributed by atoms with E-state index in [0.717, 1.165) is 23.1 Å². The highest BCUT2D eigenvalue weighted by Crippen LogP contribution is 2.45. The maximum Gasteiger partial charge on any atom is 0.128 e. The van der Waals surface area contributed by atoms with E-state index in [-0.39, 0.29) is 0 Å². The van der Waals surface area contributed by atoms with Crippen LogP contribution in [-0.2, 0) is 6.42 Å². The van der Waals surface area contributed by atoms with E-state index in [0.29, 0.717) is 5.41 Å². The fourth-order valence-corrected chi connectivity index (χ4v) is 3.40. The third-order valence-electron chi connectivity index (χ3n) is 3.99. The van der Waals surface area contributed by atoms with Crippen LogP contribution in [0.25, 0.3) is 0 Å². The van der Waals surface area contributed by atoms with E-state index in [1.807, 2.05) is 13.1 Å². The van der Waals surface area contributed by atoms with Gasteiger partial charge in [0.05, 0.1) is 7.11 Å². The fourth-order valence-electron chi connectivity index (χ4n) is 2.64. The number of aryl methyl sites for hydroxylation is 1. The summed E-state index contributed by atoms with van der Waals surface area (Å²) in [5.74, 6) is 0.999. The molecule has 17 heavy (non-hydrogen) atoms. The topological polar surface area (TPSA) is 22.1 Å². The summed E-state index contributed by atoms with van der Waals surface area (Å²) in [4.78, 5) is 4.60. The molecule has 1 fully saturated rings. The van der Waals surface area contributed by atoms with Crippen molar-refractivity contribution in [3.05, 3.63) is 23.0 Å². The van der Waals surface area contributed by atoms with E-state index in [1.165, 1.54) is 30.5 Å². The number of aromatic nitrogens is 1. The predicted molar refractivity (Wildman–Crippen MR) is 74.0 cm³/mol. The van der Waals surface area contributed by atoms with Crippen molar-refractivity contribution >= 4 is 15.9 Å². The molecule has 0 radical (unpaired) electrons. The van der Waals surface area contributed by atoms with E-state index < -0.39 is 0 Å². The number of ether oxygens (including phenoxy) is 1. The summed E-state index contributed by atoms with van der Waals surface area (Å²) in [5, 5.41) is 1.08. The van der Waals surface area contributed by atoms with Gasteiger partial charge in [0.15, 0.2) is 0 Å². The van der Waals surface area contributed by atoms with Crippen molar-refractivity contribution in [2.24, 2.45) is 5.41 Å². The van der Waals surface area contributed by atoms with Gasteiger partial charge in [-0.05, 0) is 38.5 Å². The third kappa shape index (κ3) is 2.35. The van der Waals surface area contributed by atoms with Gasteiger partial charge in [0, 0.05) is 28.3 Å². The monoisotopic (exact) mass is 297 g/mol. The number of hydrogen-bond donors (Lipinski definition) is 0. The number of nitrogens with zero attached hydrogens (tertiary/aromatic N) is 1. The molecule has 1 heterocycles. The minimum Gasteiger partial charge on any atom is -0.496 e. The first kappa shape index (κ1) is 12.9. The van der Waals surface area contributed by atoms with E-state index in [2.05, 4.69) is 27.8 Å². The summed E-state index contributed by atoms with van der Waals surface area (Å²) >= 11 is 3.66. The summed E-state index contributed by atoms with van der Waals surface area (Å²) in [6.07, 6.45) is 6.99. The highest BCUT2D eigenvalue weighted by Gasteiger charge is 2.36. The average Bonchev–Trinajstić information content (AvgIpc) is 2.27. The normalized spacial score (nSPS) is 17.6. The van der Waals surface area contributed by atoms with Crippen molar-refractivity contribution in [2.75, 3.05) is 12.4 Å². The smallest absolute Gasteiger partial charge is 0.128 e. The Bertz CT molecular complexity index is 407. The molecule has 0 N–H and O–H groups in total. The highest BCUT2D eigenvalue weighted by atomic mass is 79.9. The van der Waals surface area contributed by atoms with Gasteiger partial charge in [-0.2, -0.15) is 0 Å². The SMILES string of the molecule is COc1c(C)cnc(CC2(CBr)CCC2)c1C. The zero-order valence-electron chi connectivity index (χ0n) is 10.8. The Kier molecular flexibility index (Phi) is 3.76. The molecule has 1 aliphatic rings. The molecule has 0 spiro atoms. The number of hydrogen-bond acceptors (Lipinski definition) is 2. The Balaban J connectivity index is 2.27. The van der Waals surface area contributed by atoms with Gasteiger partial charge in [-0.1, -0.05) is 22.4 Å². The first-order chi connectivity index (χ1) is 8.12. The van der Waals surface area contributed by atoms with E-state index >= 15 is 0 Å². The summed E-state index contributed by atoms with van der Waals surface area (Å²) in [5.41, 5.74) is 3.97. The molecule has 2 rings (SSSR count). The van der Waals surface area contributed by atoms with Crippen LogP contribution in [-0.4, -0.2) is 17.4 Å². The molecule has 1 aromatic rings. The molecule has 94 valence electrons. The maximum atomic E-state index is 5.46. The van der Waals surface area contributed by atoms with Crippen LogP contribution < -0.4 is 4.74 Å². The second-order valence-electron chi connectivity index (χ2n) is 5.21. The minimum atomic E-state index is 0.442. The van der Waals surface area contributed by atoms with Crippen molar-refractivity contribution in [2.45, 2.75) is 39.5 Å². The largest absolute Gasteiger partial charge is 0.496 e. The lowest BCUT2D eigenvalue weighted by molar-refractivity contribution is 0.168. The number of pyridine rings is 1. The Morgan fingerprint density at radius 3 is 2.59 bits per heavy atom. The summed E-state index contributed by atoms with van der Waals surface area (Å²) in [6.45, 7) is 4.17. The summed E-state index contributed by atoms with van der Waals surface area (Å²) in [6, 6.07) is 0. The van der Waals surface area contributed by atoms with Crippen LogP contribution in [0.3, 0.4) is 0 Å². The summed E-state index contributed by atoms with van der Waals surface area (Å²) in [7, 11) is 1.74. The van der Waals surface area contributed by atoms with Gasteiger partial charge < -0.3 is 4.74 Å². The zero-order valence-corrected chi connectivity index (χ0v) is 12.4. The Hall–Kier alpha value is -0.570. The number of methoxy groups -OCH3 is 1. The molecule has 0 amide bonds. The Labute approximate surface area is 112 Å². The first-order valence-electron chi connectivity index (χ1n) is 6.17. The number of alkyl halides is 1. The molecule has 3 heteroatoms. The second kappa shape index (κ2) is 4.97. The van der Waals surface area contributed by atoms with Crippen LogP contribution in [0.4, 0.5) is 0 Å². The lowest BCUT2D eigenvalue weighted by Gasteiger charge is -2.40. The predicted octanol–water partition coefficient (Wildman–Crippen LogP) is 3.81. The number of rotatable bonds is 4. The maximum absolute atomic E-state index is 5.46. The molecular weight excluding hydrogens is 278 g/mol. The second-order valence-corrected chi connectivity index (χ2v) is 5.77. The molecule has 0 saturated heterocycles. The molecular formula is C14H20BrNO. The molecule has 0 bridgehead atoms. The molecule has 1 aliphatic carbocycles. The van der Waals surface area contributed by atoms with Crippen LogP contribution in [0.15, 0.2) is 6.20 Å². The molecule has 0 atom stereocenters. The lowest BCUT2D eigenvalue weighted by atomic mass is 9.67. The van der Waals surface area contributed by atoms with Gasteiger partial charge in [-0.3, -0.25) is 4.98 Å². The molecule has 0 aliphatic heterocycles. The van der Waals surface area contributed by atoms with Gasteiger partial charge in [-0.25, -0.2) is 0 Å². The third-order valence-corrected chi connectivity index (χ3v) is 5.18. The van der Waals surface area contributed by atoms with Gasteiger partial charge >= 0.3 is 0 Å². The minimum absolute atomic E-state index is 0.442. The summed E-state index contributed by atoms with van der Waals surface area (Å²) < 4.78 is 5.46. The van der Waals surface area contributed by atoms with Crippen molar-refractivity contribution in [1.82, 2.24) is 4.98 Å². The molecule has 0 unspecified atom stereocenters. The van der Waals surface area contributed by atoms with Crippen LogP contribution in [0.5, 0.6) is 5.75 Å². The Morgan fingerprint density at radius 2 is 2.12 bits per heavy atom. The van der Waals surface area contributed by atoms with Crippen LogP contribution in [0.1, 0.15) is 36.1 Å². The van der Waals surface area contributed by atoms with Crippen molar-refractivity contribution < 1.29 is 4.74 Å². The van der Waals surface area contributed by atoms with Crippen LogP contribution >= 0.6 is 15.9 Å². The molecule has 1 aromatic heterocycles.